The average Bonchev–Trinajstić information content (AvgIpc) is 2.86. The van der Waals surface area contributed by atoms with E-state index in [0.29, 0.717) is 17.1 Å². The molecule has 0 fully saturated rings. The van der Waals surface area contributed by atoms with E-state index < -0.39 is 27.9 Å². The summed E-state index contributed by atoms with van der Waals surface area (Å²) in [4.78, 5) is 27.4. The molecule has 1 aliphatic rings. The van der Waals surface area contributed by atoms with Crippen LogP contribution in [0.2, 0.25) is 5.02 Å². The van der Waals surface area contributed by atoms with Crippen LogP contribution in [0.1, 0.15) is 21.5 Å². The van der Waals surface area contributed by atoms with Crippen molar-refractivity contribution in [2.45, 2.75) is 23.9 Å². The maximum Gasteiger partial charge on any atom is 0.328 e. The Morgan fingerprint density at radius 1 is 1.00 bits per heavy atom. The Balaban J connectivity index is 1.68. The Morgan fingerprint density at radius 2 is 1.71 bits per heavy atom. The number of sulfonamides is 1. The Bertz CT molecular complexity index is 1360. The number of carbonyl (C=O) groups excluding carboxylic acids is 2. The van der Waals surface area contributed by atoms with E-state index in [1.54, 1.807) is 24.3 Å². The molecule has 1 aliphatic heterocycles. The third kappa shape index (κ3) is 4.51. The highest BCUT2D eigenvalue weighted by Crippen LogP contribution is 2.28. The summed E-state index contributed by atoms with van der Waals surface area (Å²) < 4.78 is 32.6. The van der Waals surface area contributed by atoms with Gasteiger partial charge in [0.1, 0.15) is 6.04 Å². The smallest absolute Gasteiger partial charge is 0.328 e. The summed E-state index contributed by atoms with van der Waals surface area (Å²) in [5, 5.41) is 0.405. The van der Waals surface area contributed by atoms with Gasteiger partial charge in [-0.15, -0.1) is 0 Å². The zero-order valence-corrected chi connectivity index (χ0v) is 20.2. The lowest BCUT2D eigenvalue weighted by molar-refractivity contribution is -0.146. The normalized spacial score (nSPS) is 15.4. The second-order valence-electron chi connectivity index (χ2n) is 7.93. The van der Waals surface area contributed by atoms with Crippen LogP contribution >= 0.6 is 11.6 Å². The van der Waals surface area contributed by atoms with Gasteiger partial charge in [0, 0.05) is 30.6 Å². The fourth-order valence-corrected chi connectivity index (χ4v) is 5.43. The van der Waals surface area contributed by atoms with Gasteiger partial charge in [-0.2, -0.15) is 0 Å². The van der Waals surface area contributed by atoms with Gasteiger partial charge in [0.25, 0.3) is 15.9 Å². The lowest BCUT2D eigenvalue weighted by Crippen LogP contribution is -2.49. The number of nitrogens with zero attached hydrogens (tertiary/aromatic N) is 2. The predicted octanol–water partition coefficient (Wildman–Crippen LogP) is 3.91. The molecule has 4 rings (SSSR count). The topological polar surface area (TPSA) is 84.0 Å². The number of fused-ring (bicyclic) bond motifs is 1. The van der Waals surface area contributed by atoms with Gasteiger partial charge >= 0.3 is 5.97 Å². The largest absolute Gasteiger partial charge is 0.467 e. The number of halogens is 1. The van der Waals surface area contributed by atoms with Gasteiger partial charge in [-0.25, -0.2) is 13.2 Å². The van der Waals surface area contributed by atoms with Crippen molar-refractivity contribution in [1.82, 2.24) is 4.90 Å². The molecule has 176 valence electrons. The molecule has 0 unspecified atom stereocenters. The van der Waals surface area contributed by atoms with Crippen LogP contribution in [-0.2, 0) is 32.5 Å². The number of anilines is 1. The second kappa shape index (κ2) is 9.48. The number of hydrogen-bond donors (Lipinski definition) is 0. The van der Waals surface area contributed by atoms with Crippen LogP contribution in [0.4, 0.5) is 5.69 Å². The van der Waals surface area contributed by atoms with Gasteiger partial charge in [0.2, 0.25) is 0 Å². The van der Waals surface area contributed by atoms with E-state index in [-0.39, 0.29) is 17.0 Å². The summed E-state index contributed by atoms with van der Waals surface area (Å²) in [6.07, 6.45) is 0.323. The van der Waals surface area contributed by atoms with Crippen molar-refractivity contribution in [3.63, 3.8) is 0 Å². The maximum atomic E-state index is 13.5. The van der Waals surface area contributed by atoms with Gasteiger partial charge in [-0.3, -0.25) is 9.10 Å². The maximum absolute atomic E-state index is 13.5. The van der Waals surface area contributed by atoms with Gasteiger partial charge in [-0.05, 0) is 47.5 Å². The number of hydrogen-bond acceptors (Lipinski definition) is 5. The molecule has 0 bridgehead atoms. The lowest BCUT2D eigenvalue weighted by atomic mass is 9.93. The van der Waals surface area contributed by atoms with Gasteiger partial charge in [-0.1, -0.05) is 48.0 Å². The van der Waals surface area contributed by atoms with E-state index in [1.807, 2.05) is 24.3 Å². The average molecular weight is 499 g/mol. The molecule has 1 amide bonds. The third-order valence-electron chi connectivity index (χ3n) is 5.89. The number of amides is 1. The molecule has 3 aromatic carbocycles. The summed E-state index contributed by atoms with van der Waals surface area (Å²) >= 11 is 6.02. The Morgan fingerprint density at radius 3 is 2.41 bits per heavy atom. The molecule has 9 heteroatoms. The Kier molecular flexibility index (Phi) is 6.63. The molecule has 0 aliphatic carbocycles. The number of methoxy groups -OCH3 is 1. The number of benzene rings is 3. The first-order chi connectivity index (χ1) is 16.2. The molecule has 0 saturated heterocycles. The number of esters is 1. The molecule has 0 saturated carbocycles. The van der Waals surface area contributed by atoms with Crippen molar-refractivity contribution in [1.29, 1.82) is 0 Å². The molecule has 0 radical (unpaired) electrons. The predicted molar refractivity (Wildman–Crippen MR) is 129 cm³/mol. The second-order valence-corrected chi connectivity index (χ2v) is 10.3. The van der Waals surface area contributed by atoms with Crippen LogP contribution in [0.25, 0.3) is 0 Å². The van der Waals surface area contributed by atoms with Crippen LogP contribution in [0.5, 0.6) is 0 Å². The fraction of sp³-hybridized carbons (Fsp3) is 0.200. The highest BCUT2D eigenvalue weighted by Gasteiger charge is 2.36. The fourth-order valence-electron chi connectivity index (χ4n) is 4.01. The highest BCUT2D eigenvalue weighted by atomic mass is 35.5. The van der Waals surface area contributed by atoms with Crippen molar-refractivity contribution < 1.29 is 22.7 Å². The molecule has 34 heavy (non-hydrogen) atoms. The molecule has 3 aromatic rings. The molecular weight excluding hydrogens is 476 g/mol. The molecule has 1 heterocycles. The Labute approximate surface area is 203 Å². The standard InChI is InChI=1S/C25H23ClN2O5S/c1-27(21-11-6-10-20(26)15-21)34(31,32)22-12-5-9-18(13-22)24(29)28-16-19-8-4-3-7-17(19)14-23(28)25(30)33-2/h3-13,15,23H,14,16H2,1-2H3/t23-/m0/s1. The van der Waals surface area contributed by atoms with E-state index in [9.17, 15) is 18.0 Å². The molecule has 0 N–H and O–H groups in total. The van der Waals surface area contributed by atoms with Crippen molar-refractivity contribution >= 4 is 39.2 Å². The third-order valence-corrected chi connectivity index (χ3v) is 7.91. The highest BCUT2D eigenvalue weighted by molar-refractivity contribution is 7.92. The molecule has 0 spiro atoms. The number of rotatable bonds is 5. The monoisotopic (exact) mass is 498 g/mol. The summed E-state index contributed by atoms with van der Waals surface area (Å²) in [6, 6.07) is 19.1. The zero-order valence-electron chi connectivity index (χ0n) is 18.6. The van der Waals surface area contributed by atoms with Crippen LogP contribution < -0.4 is 4.31 Å². The quantitative estimate of drug-likeness (QED) is 0.498. The first kappa shape index (κ1) is 23.8. The van der Waals surface area contributed by atoms with E-state index in [2.05, 4.69) is 0 Å². The summed E-state index contributed by atoms with van der Waals surface area (Å²) in [5.41, 5.74) is 2.46. The first-order valence-electron chi connectivity index (χ1n) is 10.5. The molecular formula is C25H23ClN2O5S. The van der Waals surface area contributed by atoms with E-state index in [4.69, 9.17) is 16.3 Å². The zero-order chi connectivity index (χ0) is 24.5. The van der Waals surface area contributed by atoms with Crippen molar-refractivity contribution in [3.05, 3.63) is 94.5 Å². The van der Waals surface area contributed by atoms with Crippen LogP contribution in [-0.4, -0.2) is 45.4 Å². The lowest BCUT2D eigenvalue weighted by Gasteiger charge is -2.35. The molecule has 1 atom stereocenters. The van der Waals surface area contributed by atoms with Gasteiger partial charge in [0.05, 0.1) is 17.7 Å². The van der Waals surface area contributed by atoms with Crippen LogP contribution in [0, 0.1) is 0 Å². The van der Waals surface area contributed by atoms with Crippen molar-refractivity contribution in [3.8, 4) is 0 Å². The van der Waals surface area contributed by atoms with E-state index in [1.165, 1.54) is 43.3 Å². The van der Waals surface area contributed by atoms with Crippen molar-refractivity contribution in [2.24, 2.45) is 0 Å². The summed E-state index contributed by atoms with van der Waals surface area (Å²) in [5.74, 6) is -0.973. The van der Waals surface area contributed by atoms with Crippen LogP contribution in [0.15, 0.2) is 77.7 Å². The minimum atomic E-state index is -3.97. The van der Waals surface area contributed by atoms with Crippen LogP contribution in [0.3, 0.4) is 0 Å². The first-order valence-corrected chi connectivity index (χ1v) is 12.3. The SMILES string of the molecule is COC(=O)[C@@H]1Cc2ccccc2CN1C(=O)c1cccc(S(=O)(=O)N(C)c2cccc(Cl)c2)c1. The summed E-state index contributed by atoms with van der Waals surface area (Å²) in [7, 11) is -1.26. The minimum Gasteiger partial charge on any atom is -0.467 e. The Hall–Kier alpha value is -3.36. The van der Waals surface area contributed by atoms with Gasteiger partial charge < -0.3 is 9.64 Å². The van der Waals surface area contributed by atoms with E-state index >= 15 is 0 Å². The summed E-state index contributed by atoms with van der Waals surface area (Å²) in [6.45, 7) is 0.216. The van der Waals surface area contributed by atoms with Crippen molar-refractivity contribution in [2.75, 3.05) is 18.5 Å². The number of carbonyl (C=O) groups is 2. The number of ether oxygens (including phenoxy) is 1. The molecule has 0 aromatic heterocycles. The molecule has 7 nitrogen and oxygen atoms in total. The minimum absolute atomic E-state index is 0.0483. The van der Waals surface area contributed by atoms with E-state index in [0.717, 1.165) is 15.4 Å². The van der Waals surface area contributed by atoms with Gasteiger partial charge in [0.15, 0.2) is 0 Å².